The Kier molecular flexibility index (Phi) is 7.24. The van der Waals surface area contributed by atoms with Gasteiger partial charge in [-0.15, -0.1) is 0 Å². The highest BCUT2D eigenvalue weighted by atomic mass is 16.5. The molecule has 0 bridgehead atoms. The molecule has 5 aliphatic carbocycles. The number of anilines is 1. The lowest BCUT2D eigenvalue weighted by Crippen LogP contribution is -2.65. The van der Waals surface area contributed by atoms with Gasteiger partial charge in [0.1, 0.15) is 5.82 Å². The van der Waals surface area contributed by atoms with Crippen molar-refractivity contribution in [3.8, 4) is 0 Å². The van der Waals surface area contributed by atoms with Gasteiger partial charge in [0, 0.05) is 29.1 Å². The van der Waals surface area contributed by atoms with Gasteiger partial charge in [0.25, 0.3) is 0 Å². The van der Waals surface area contributed by atoms with Crippen LogP contribution in [0.15, 0.2) is 30.1 Å². The van der Waals surface area contributed by atoms with Crippen LogP contribution in [0.1, 0.15) is 136 Å². The number of fused-ring (bicyclic) bond motifs is 8. The fourth-order valence-electron chi connectivity index (χ4n) is 12.4. The van der Waals surface area contributed by atoms with Crippen molar-refractivity contribution in [3.05, 3.63) is 46.9 Å². The average Bonchev–Trinajstić information content (AvgIpc) is 3.37. The molecule has 0 saturated heterocycles. The van der Waals surface area contributed by atoms with Crippen LogP contribution in [0, 0.1) is 44.8 Å². The van der Waals surface area contributed by atoms with Gasteiger partial charge in [-0.25, -0.2) is 0 Å². The summed E-state index contributed by atoms with van der Waals surface area (Å²) >= 11 is 0. The minimum Gasteiger partial charge on any atom is -0.465 e. The van der Waals surface area contributed by atoms with Crippen LogP contribution in [0.5, 0.6) is 0 Å². The number of nitrogens with one attached hydrogen (secondary N) is 1. The van der Waals surface area contributed by atoms with E-state index in [1.165, 1.54) is 35.2 Å². The summed E-state index contributed by atoms with van der Waals surface area (Å²) < 4.78 is 6.19. The van der Waals surface area contributed by atoms with Gasteiger partial charge in [-0.1, -0.05) is 67.4 Å². The number of aromatic amines is 1. The zero-order valence-corrected chi connectivity index (χ0v) is 29.8. The van der Waals surface area contributed by atoms with Crippen LogP contribution in [0.2, 0.25) is 0 Å². The van der Waals surface area contributed by atoms with Gasteiger partial charge in [-0.2, -0.15) is 5.10 Å². The zero-order chi connectivity index (χ0) is 32.9. The van der Waals surface area contributed by atoms with E-state index < -0.39 is 5.41 Å². The number of nitrogens with zero attached hydrogens (tertiary/aromatic N) is 2. The van der Waals surface area contributed by atoms with Gasteiger partial charge in [0.15, 0.2) is 0 Å². The number of aromatic nitrogens is 3. The van der Waals surface area contributed by atoms with Crippen LogP contribution >= 0.6 is 0 Å². The Balaban J connectivity index is 1.43. The molecular formula is C40H58N4O2. The number of allylic oxidation sites excluding steroid dienone is 2. The minimum absolute atomic E-state index is 0.0276. The third-order valence-electron chi connectivity index (χ3n) is 15.1. The fraction of sp³-hybridized carbons (Fsp3) is 0.725. The first-order valence-electron chi connectivity index (χ1n) is 18.3. The Morgan fingerprint density at radius 3 is 2.43 bits per heavy atom. The third kappa shape index (κ3) is 4.22. The summed E-state index contributed by atoms with van der Waals surface area (Å²) in [7, 11) is 0. The van der Waals surface area contributed by atoms with E-state index in [0.29, 0.717) is 24.3 Å². The van der Waals surface area contributed by atoms with Crippen molar-refractivity contribution in [2.24, 2.45) is 44.8 Å². The topological polar surface area (TPSA) is 93.9 Å². The minimum atomic E-state index is -0.437. The van der Waals surface area contributed by atoms with Crippen molar-refractivity contribution < 1.29 is 9.53 Å². The number of nitrogens with two attached hydrogens (primary N) is 1. The van der Waals surface area contributed by atoms with Gasteiger partial charge in [0.05, 0.1) is 12.0 Å². The van der Waals surface area contributed by atoms with Crippen molar-refractivity contribution >= 4 is 17.4 Å². The first-order valence-corrected chi connectivity index (χ1v) is 18.3. The van der Waals surface area contributed by atoms with Gasteiger partial charge >= 0.3 is 5.97 Å². The lowest BCUT2D eigenvalue weighted by Gasteiger charge is -2.71. The number of H-pyrrole nitrogens is 1. The van der Waals surface area contributed by atoms with E-state index >= 15 is 0 Å². The first-order chi connectivity index (χ1) is 21.6. The second-order valence-electron chi connectivity index (χ2n) is 18.2. The summed E-state index contributed by atoms with van der Waals surface area (Å²) in [4.78, 5) is 18.8. The molecule has 0 amide bonds. The monoisotopic (exact) mass is 626 g/mol. The van der Waals surface area contributed by atoms with Crippen molar-refractivity contribution in [1.82, 2.24) is 15.2 Å². The molecule has 0 aromatic carbocycles. The molecular weight excluding hydrogens is 568 g/mol. The van der Waals surface area contributed by atoms with Crippen LogP contribution in [-0.2, 0) is 21.4 Å². The van der Waals surface area contributed by atoms with E-state index in [1.807, 2.05) is 12.4 Å². The standard InChI is InChI=1S/C40H58N4O2/c1-9-10-21-46-34(45)40-17-15-35(2,3)24-28(40)31-26(25-12-19-42-20-13-25)22-30-37(6)23-27-32(43-44-33(27)41)36(4,5)29(37)11-14-38(30,7)39(31,8)16-18-40/h12-13,19-20,28-30H,9-11,14-18,21-24H2,1-8H3,(H3,41,43,44)/t28-,29-,30?,37-,38+,39+,40-/m0/s1. The van der Waals surface area contributed by atoms with Crippen LogP contribution in [0.25, 0.3) is 5.57 Å². The van der Waals surface area contributed by atoms with Crippen molar-refractivity contribution in [2.75, 3.05) is 12.3 Å². The van der Waals surface area contributed by atoms with E-state index in [4.69, 9.17) is 10.5 Å². The predicted molar refractivity (Wildman–Crippen MR) is 185 cm³/mol. The summed E-state index contributed by atoms with van der Waals surface area (Å²) in [6.45, 7) is 20.2. The van der Waals surface area contributed by atoms with E-state index in [9.17, 15) is 4.79 Å². The number of hydrogen-bond donors (Lipinski definition) is 2. The molecule has 0 radical (unpaired) electrons. The molecule has 2 aromatic heterocycles. The summed E-state index contributed by atoms with van der Waals surface area (Å²) in [5.74, 6) is 1.94. The summed E-state index contributed by atoms with van der Waals surface area (Å²) in [6, 6.07) is 4.46. The maximum Gasteiger partial charge on any atom is 0.312 e. The smallest absolute Gasteiger partial charge is 0.312 e. The Morgan fingerprint density at radius 1 is 1.00 bits per heavy atom. The molecule has 6 heteroatoms. The second-order valence-corrected chi connectivity index (χ2v) is 18.2. The highest BCUT2D eigenvalue weighted by Crippen LogP contribution is 2.77. The Morgan fingerprint density at radius 2 is 1.72 bits per heavy atom. The molecule has 0 aliphatic heterocycles. The molecule has 250 valence electrons. The number of carbonyl (C=O) groups excluding carboxylic acids is 1. The Hall–Kier alpha value is -2.63. The SMILES string of the molecule is CCCCOC(=O)[C@]12CCC(C)(C)C[C@H]1C1=C(c3ccncc3)CC3[C@@]4(C)Cc5c(N)n[nH]c5C(C)(C)[C@@H]4CC[C@@]3(C)[C@]1(C)CC2. The summed E-state index contributed by atoms with van der Waals surface area (Å²) in [5, 5.41) is 7.92. The lowest BCUT2D eigenvalue weighted by atomic mass is 9.33. The number of pyridine rings is 1. The van der Waals surface area contributed by atoms with Gasteiger partial charge in [0.2, 0.25) is 0 Å². The highest BCUT2D eigenvalue weighted by molar-refractivity contribution is 5.81. The zero-order valence-electron chi connectivity index (χ0n) is 29.8. The molecule has 5 aliphatic rings. The van der Waals surface area contributed by atoms with Crippen LogP contribution < -0.4 is 5.73 Å². The average molecular weight is 627 g/mol. The van der Waals surface area contributed by atoms with Crippen LogP contribution in [-0.4, -0.2) is 27.8 Å². The second kappa shape index (κ2) is 10.4. The molecule has 2 aromatic rings. The molecule has 7 atom stereocenters. The van der Waals surface area contributed by atoms with E-state index in [-0.39, 0.29) is 39.0 Å². The molecule has 3 fully saturated rings. The molecule has 1 unspecified atom stereocenters. The van der Waals surface area contributed by atoms with E-state index in [2.05, 4.69) is 82.7 Å². The molecule has 46 heavy (non-hydrogen) atoms. The first kappa shape index (κ1) is 31.9. The quantitative estimate of drug-likeness (QED) is 0.255. The van der Waals surface area contributed by atoms with Crippen molar-refractivity contribution in [3.63, 3.8) is 0 Å². The van der Waals surface area contributed by atoms with Crippen molar-refractivity contribution in [1.29, 1.82) is 0 Å². The molecule has 0 spiro atoms. The van der Waals surface area contributed by atoms with Crippen molar-refractivity contribution in [2.45, 2.75) is 131 Å². The molecule has 3 N–H and O–H groups in total. The lowest BCUT2D eigenvalue weighted by molar-refractivity contribution is -0.180. The number of nitrogen functional groups attached to an aromatic ring is 1. The molecule has 3 saturated carbocycles. The number of esters is 1. The Labute approximate surface area is 277 Å². The highest BCUT2D eigenvalue weighted by Gasteiger charge is 2.70. The number of ether oxygens (including phenoxy) is 1. The summed E-state index contributed by atoms with van der Waals surface area (Å²) in [5.41, 5.74) is 13.3. The van der Waals surface area contributed by atoms with E-state index in [0.717, 1.165) is 57.8 Å². The fourth-order valence-corrected chi connectivity index (χ4v) is 12.4. The normalized spacial score (nSPS) is 38.9. The maximum atomic E-state index is 14.4. The number of rotatable bonds is 5. The predicted octanol–water partition coefficient (Wildman–Crippen LogP) is 9.07. The maximum absolute atomic E-state index is 14.4. The number of unbranched alkanes of at least 4 members (excludes halogenated alkanes) is 1. The molecule has 7 rings (SSSR count). The van der Waals surface area contributed by atoms with Crippen LogP contribution in [0.3, 0.4) is 0 Å². The third-order valence-corrected chi connectivity index (χ3v) is 15.1. The number of hydrogen-bond acceptors (Lipinski definition) is 5. The van der Waals surface area contributed by atoms with Gasteiger partial charge < -0.3 is 10.5 Å². The van der Waals surface area contributed by atoms with Crippen LogP contribution in [0.4, 0.5) is 5.82 Å². The summed E-state index contributed by atoms with van der Waals surface area (Å²) in [6.07, 6.45) is 15.3. The largest absolute Gasteiger partial charge is 0.465 e. The molecule has 6 nitrogen and oxygen atoms in total. The number of carbonyl (C=O) groups is 1. The van der Waals surface area contributed by atoms with Gasteiger partial charge in [-0.3, -0.25) is 14.9 Å². The Bertz CT molecular complexity index is 1560. The van der Waals surface area contributed by atoms with Gasteiger partial charge in [-0.05, 0) is 127 Å². The van der Waals surface area contributed by atoms with E-state index in [1.54, 1.807) is 5.57 Å². The molecule has 2 heterocycles.